The van der Waals surface area contributed by atoms with Crippen LogP contribution in [0, 0.1) is 12.7 Å². The second-order valence-corrected chi connectivity index (χ2v) is 7.16. The largest absolute Gasteiger partial charge is 0.372 e. The maximum absolute atomic E-state index is 13.4. The molecule has 0 aromatic heterocycles. The van der Waals surface area contributed by atoms with Crippen LogP contribution in [0.15, 0.2) is 47.5 Å². The van der Waals surface area contributed by atoms with Crippen molar-refractivity contribution in [3.8, 4) is 0 Å². The lowest BCUT2D eigenvalue weighted by Crippen LogP contribution is -2.38. The first-order valence-corrected chi connectivity index (χ1v) is 9.64. The molecular formula is C22H30FIN4. The zero-order valence-electron chi connectivity index (χ0n) is 16.8. The van der Waals surface area contributed by atoms with Gasteiger partial charge in [-0.15, -0.1) is 24.0 Å². The number of benzene rings is 2. The molecule has 1 aliphatic rings. The van der Waals surface area contributed by atoms with Crippen LogP contribution < -0.4 is 15.5 Å². The summed E-state index contributed by atoms with van der Waals surface area (Å²) < 4.78 is 13.4. The van der Waals surface area contributed by atoms with Gasteiger partial charge in [0.25, 0.3) is 0 Å². The second-order valence-electron chi connectivity index (χ2n) is 7.16. The molecule has 1 aliphatic heterocycles. The minimum atomic E-state index is -0.173. The van der Waals surface area contributed by atoms with Gasteiger partial charge in [-0.2, -0.15) is 0 Å². The van der Waals surface area contributed by atoms with Gasteiger partial charge in [0, 0.05) is 32.4 Å². The van der Waals surface area contributed by atoms with Crippen LogP contribution in [0.4, 0.5) is 10.1 Å². The van der Waals surface area contributed by atoms with Crippen molar-refractivity contribution in [2.24, 2.45) is 4.99 Å². The highest BCUT2D eigenvalue weighted by Gasteiger charge is 2.14. The Bertz CT molecular complexity index is 803. The Morgan fingerprint density at radius 1 is 1.18 bits per heavy atom. The quantitative estimate of drug-likeness (QED) is 0.356. The molecular weight excluding hydrogens is 466 g/mol. The molecule has 3 rings (SSSR count). The molecule has 0 saturated carbocycles. The predicted molar refractivity (Wildman–Crippen MR) is 126 cm³/mol. The van der Waals surface area contributed by atoms with E-state index < -0.39 is 0 Å². The summed E-state index contributed by atoms with van der Waals surface area (Å²) in [6, 6.07) is 14.0. The first kappa shape index (κ1) is 22.5. The summed E-state index contributed by atoms with van der Waals surface area (Å²) in [5.41, 5.74) is 4.22. The highest BCUT2D eigenvalue weighted by atomic mass is 127. The zero-order chi connectivity index (χ0) is 19.2. The van der Waals surface area contributed by atoms with E-state index in [2.05, 4.69) is 51.7 Å². The topological polar surface area (TPSA) is 39.7 Å². The number of hydrogen-bond donors (Lipinski definition) is 2. The van der Waals surface area contributed by atoms with Gasteiger partial charge in [-0.1, -0.05) is 24.3 Å². The number of nitrogens with one attached hydrogen (secondary N) is 2. The summed E-state index contributed by atoms with van der Waals surface area (Å²) in [6.07, 6.45) is 2.55. The maximum Gasteiger partial charge on any atom is 0.191 e. The van der Waals surface area contributed by atoms with Crippen LogP contribution in [0.5, 0.6) is 0 Å². The minimum absolute atomic E-state index is 0. The number of guanidine groups is 1. The maximum atomic E-state index is 13.4. The highest BCUT2D eigenvalue weighted by molar-refractivity contribution is 14.0. The Morgan fingerprint density at radius 2 is 1.93 bits per heavy atom. The van der Waals surface area contributed by atoms with Gasteiger partial charge in [-0.25, -0.2) is 4.39 Å². The van der Waals surface area contributed by atoms with Crippen molar-refractivity contribution in [1.82, 2.24) is 10.6 Å². The molecule has 0 amide bonds. The van der Waals surface area contributed by atoms with Crippen molar-refractivity contribution in [3.05, 3.63) is 65.0 Å². The fourth-order valence-corrected chi connectivity index (χ4v) is 3.45. The molecule has 0 radical (unpaired) electrons. The van der Waals surface area contributed by atoms with Gasteiger partial charge in [0.15, 0.2) is 5.96 Å². The molecule has 1 atom stereocenters. The van der Waals surface area contributed by atoms with E-state index in [-0.39, 0.29) is 35.8 Å². The van der Waals surface area contributed by atoms with E-state index in [1.807, 2.05) is 6.07 Å². The van der Waals surface area contributed by atoms with Gasteiger partial charge in [0.1, 0.15) is 5.82 Å². The summed E-state index contributed by atoms with van der Waals surface area (Å²) in [5, 5.41) is 6.75. The summed E-state index contributed by atoms with van der Waals surface area (Å²) in [7, 11) is 1.76. The van der Waals surface area contributed by atoms with E-state index in [1.165, 1.54) is 30.2 Å². The minimum Gasteiger partial charge on any atom is -0.372 e. The van der Waals surface area contributed by atoms with Crippen LogP contribution >= 0.6 is 24.0 Å². The molecule has 2 N–H and O–H groups in total. The molecule has 0 bridgehead atoms. The lowest BCUT2D eigenvalue weighted by molar-refractivity contribution is 0.617. The third kappa shape index (κ3) is 5.83. The number of halogens is 2. The number of nitrogens with zero attached hydrogens (tertiary/aromatic N) is 2. The number of aryl methyl sites for hydroxylation is 1. The smallest absolute Gasteiger partial charge is 0.191 e. The lowest BCUT2D eigenvalue weighted by atomic mass is 10.1. The molecule has 0 aliphatic carbocycles. The SMILES string of the molecule is CN=C(NCc1ccc(F)c(C)c1)NC(C)c1cccc(N2CCCC2)c1.I. The van der Waals surface area contributed by atoms with Crippen LogP contribution in [-0.2, 0) is 6.54 Å². The molecule has 1 heterocycles. The monoisotopic (exact) mass is 496 g/mol. The Morgan fingerprint density at radius 3 is 2.61 bits per heavy atom. The third-order valence-electron chi connectivity index (χ3n) is 5.10. The predicted octanol–water partition coefficient (Wildman–Crippen LogP) is 4.78. The summed E-state index contributed by atoms with van der Waals surface area (Å²) in [6.45, 7) is 6.80. The number of rotatable bonds is 5. The van der Waals surface area contributed by atoms with Crippen molar-refractivity contribution in [1.29, 1.82) is 0 Å². The van der Waals surface area contributed by atoms with Crippen LogP contribution in [-0.4, -0.2) is 26.1 Å². The van der Waals surface area contributed by atoms with E-state index in [0.29, 0.717) is 12.1 Å². The zero-order valence-corrected chi connectivity index (χ0v) is 19.2. The van der Waals surface area contributed by atoms with E-state index in [4.69, 9.17) is 0 Å². The Labute approximate surface area is 184 Å². The fourth-order valence-electron chi connectivity index (χ4n) is 3.45. The molecule has 0 spiro atoms. The number of anilines is 1. The molecule has 4 nitrogen and oxygen atoms in total. The Kier molecular flexibility index (Phi) is 8.54. The second kappa shape index (κ2) is 10.6. The Hall–Kier alpha value is -1.83. The molecule has 2 aromatic carbocycles. The third-order valence-corrected chi connectivity index (χ3v) is 5.10. The summed E-state index contributed by atoms with van der Waals surface area (Å²) in [4.78, 5) is 6.76. The van der Waals surface area contributed by atoms with Gasteiger partial charge >= 0.3 is 0 Å². The molecule has 1 fully saturated rings. The average Bonchev–Trinajstić information content (AvgIpc) is 3.22. The van der Waals surface area contributed by atoms with E-state index in [9.17, 15) is 4.39 Å². The van der Waals surface area contributed by atoms with E-state index in [0.717, 1.165) is 24.6 Å². The van der Waals surface area contributed by atoms with Crippen molar-refractivity contribution < 1.29 is 4.39 Å². The van der Waals surface area contributed by atoms with Gasteiger partial charge < -0.3 is 15.5 Å². The van der Waals surface area contributed by atoms with Crippen LogP contribution in [0.25, 0.3) is 0 Å². The van der Waals surface area contributed by atoms with Crippen LogP contribution in [0.1, 0.15) is 42.5 Å². The Balaban J connectivity index is 0.00000280. The molecule has 28 heavy (non-hydrogen) atoms. The number of hydrogen-bond acceptors (Lipinski definition) is 2. The summed E-state index contributed by atoms with van der Waals surface area (Å²) in [5.74, 6) is 0.559. The van der Waals surface area contributed by atoms with E-state index in [1.54, 1.807) is 20.0 Å². The van der Waals surface area contributed by atoms with Crippen molar-refractivity contribution in [2.75, 3.05) is 25.0 Å². The normalized spacial score (nSPS) is 15.1. The molecule has 152 valence electrons. The number of aliphatic imine (C=N–C) groups is 1. The van der Waals surface area contributed by atoms with Crippen LogP contribution in [0.3, 0.4) is 0 Å². The van der Waals surface area contributed by atoms with Crippen LogP contribution in [0.2, 0.25) is 0 Å². The summed E-state index contributed by atoms with van der Waals surface area (Å²) >= 11 is 0. The first-order valence-electron chi connectivity index (χ1n) is 9.64. The highest BCUT2D eigenvalue weighted by Crippen LogP contribution is 2.24. The van der Waals surface area contributed by atoms with Crippen molar-refractivity contribution in [2.45, 2.75) is 39.3 Å². The van der Waals surface area contributed by atoms with E-state index >= 15 is 0 Å². The molecule has 1 saturated heterocycles. The molecule has 6 heteroatoms. The van der Waals surface area contributed by atoms with Gasteiger partial charge in [0.2, 0.25) is 0 Å². The van der Waals surface area contributed by atoms with Crippen molar-refractivity contribution in [3.63, 3.8) is 0 Å². The van der Waals surface area contributed by atoms with Crippen molar-refractivity contribution >= 4 is 35.6 Å². The molecule has 1 unspecified atom stereocenters. The molecule has 2 aromatic rings. The standard InChI is InChI=1S/C22H29FN4.HI/c1-16-13-18(9-10-21(16)23)15-25-22(24-3)26-17(2)19-7-6-8-20(14-19)27-11-4-5-12-27;/h6-10,13-14,17H,4-5,11-12,15H2,1-3H3,(H2,24,25,26);1H. The lowest BCUT2D eigenvalue weighted by Gasteiger charge is -2.22. The fraction of sp³-hybridized carbons (Fsp3) is 0.409. The van der Waals surface area contributed by atoms with Gasteiger partial charge in [-0.3, -0.25) is 4.99 Å². The van der Waals surface area contributed by atoms with Gasteiger partial charge in [-0.05, 0) is 61.6 Å². The first-order chi connectivity index (χ1) is 13.1. The van der Waals surface area contributed by atoms with Gasteiger partial charge in [0.05, 0.1) is 6.04 Å². The average molecular weight is 496 g/mol.